The van der Waals surface area contributed by atoms with E-state index in [0.717, 1.165) is 16.9 Å². The fourth-order valence-electron chi connectivity index (χ4n) is 3.31. The summed E-state index contributed by atoms with van der Waals surface area (Å²) in [7, 11) is -7.27. The third-order valence-electron chi connectivity index (χ3n) is 5.00. The van der Waals surface area contributed by atoms with Crippen molar-refractivity contribution in [2.45, 2.75) is 17.1 Å². The van der Waals surface area contributed by atoms with Gasteiger partial charge in [-0.15, -0.1) is 11.3 Å². The van der Waals surface area contributed by atoms with E-state index in [0.29, 0.717) is 26.2 Å². The van der Waals surface area contributed by atoms with Crippen molar-refractivity contribution < 1.29 is 16.8 Å². The molecular formula is C19H27N3O4S3. The minimum absolute atomic E-state index is 0.0622. The quantitative estimate of drug-likeness (QED) is 0.620. The number of hydrogen-bond acceptors (Lipinski definition) is 6. The summed E-state index contributed by atoms with van der Waals surface area (Å²) in [5.41, 5.74) is 1.02. The maximum atomic E-state index is 13.2. The number of rotatable bonds is 9. The molecule has 2 aromatic rings. The predicted octanol–water partition coefficient (Wildman–Crippen LogP) is 1.78. The molecule has 1 saturated heterocycles. The van der Waals surface area contributed by atoms with Crippen molar-refractivity contribution in [2.75, 3.05) is 45.0 Å². The molecular weight excluding hydrogens is 430 g/mol. The van der Waals surface area contributed by atoms with Crippen molar-refractivity contribution in [1.29, 1.82) is 0 Å². The highest BCUT2D eigenvalue weighted by Gasteiger charge is 2.31. The summed E-state index contributed by atoms with van der Waals surface area (Å²) in [6.07, 6.45) is 0. The van der Waals surface area contributed by atoms with Crippen LogP contribution in [0, 0.1) is 0 Å². The van der Waals surface area contributed by atoms with E-state index in [1.165, 1.54) is 8.61 Å². The van der Waals surface area contributed by atoms with Crippen LogP contribution in [0.1, 0.15) is 18.4 Å². The number of nitrogens with one attached hydrogen (secondary N) is 1. The topological polar surface area (TPSA) is 86.8 Å². The lowest BCUT2D eigenvalue weighted by molar-refractivity contribution is 0.354. The van der Waals surface area contributed by atoms with Gasteiger partial charge in [0.2, 0.25) is 10.0 Å². The third kappa shape index (κ3) is 5.65. The fraction of sp³-hybridized carbons (Fsp3) is 0.474. The van der Waals surface area contributed by atoms with E-state index in [1.807, 2.05) is 37.3 Å². The lowest BCUT2D eigenvalue weighted by Crippen LogP contribution is -2.48. The van der Waals surface area contributed by atoms with Crippen LogP contribution in [0.5, 0.6) is 0 Å². The van der Waals surface area contributed by atoms with Crippen LogP contribution < -0.4 is 5.32 Å². The van der Waals surface area contributed by atoms with Gasteiger partial charge in [0, 0.05) is 39.3 Å². The van der Waals surface area contributed by atoms with Gasteiger partial charge in [0.1, 0.15) is 4.21 Å². The molecule has 1 aliphatic rings. The summed E-state index contributed by atoms with van der Waals surface area (Å²) in [5, 5.41) is 4.84. The number of hydrogen-bond donors (Lipinski definition) is 1. The van der Waals surface area contributed by atoms with Crippen LogP contribution in [0.15, 0.2) is 52.1 Å². The van der Waals surface area contributed by atoms with E-state index in [2.05, 4.69) is 5.32 Å². The van der Waals surface area contributed by atoms with Crippen LogP contribution in [0.2, 0.25) is 0 Å². The smallest absolute Gasteiger partial charge is 0.252 e. The fourth-order valence-corrected chi connectivity index (χ4v) is 7.55. The molecule has 1 aromatic heterocycles. The summed E-state index contributed by atoms with van der Waals surface area (Å²) < 4.78 is 54.8. The van der Waals surface area contributed by atoms with Crippen LogP contribution in [0.3, 0.4) is 0 Å². The summed E-state index contributed by atoms with van der Waals surface area (Å²) >= 11 is 1.14. The maximum Gasteiger partial charge on any atom is 0.252 e. The number of benzene rings is 1. The predicted molar refractivity (Wildman–Crippen MR) is 116 cm³/mol. The SMILES string of the molecule is C[C@@H](CN(CCS(=O)(=O)N1CCNCC1)S(=O)(=O)c1cccs1)c1ccccc1. The van der Waals surface area contributed by atoms with Gasteiger partial charge in [-0.1, -0.05) is 43.3 Å². The average molecular weight is 458 g/mol. The zero-order valence-electron chi connectivity index (χ0n) is 16.4. The molecule has 7 nitrogen and oxygen atoms in total. The number of thiophene rings is 1. The minimum Gasteiger partial charge on any atom is -0.314 e. The van der Waals surface area contributed by atoms with Gasteiger partial charge in [0.05, 0.1) is 5.75 Å². The second-order valence-electron chi connectivity index (χ2n) is 7.07. The van der Waals surface area contributed by atoms with E-state index in [9.17, 15) is 16.8 Å². The zero-order valence-corrected chi connectivity index (χ0v) is 18.8. The molecule has 0 spiro atoms. The average Bonchev–Trinajstić information content (AvgIpc) is 3.28. The molecule has 160 valence electrons. The van der Waals surface area contributed by atoms with Crippen molar-refractivity contribution in [3.05, 3.63) is 53.4 Å². The summed E-state index contributed by atoms with van der Waals surface area (Å²) in [4.78, 5) is 0. The van der Waals surface area contributed by atoms with Crippen LogP contribution in [-0.4, -0.2) is 70.5 Å². The Morgan fingerprint density at radius 1 is 1.07 bits per heavy atom. The number of piperazine rings is 1. The van der Waals surface area contributed by atoms with Crippen molar-refractivity contribution in [2.24, 2.45) is 0 Å². The third-order valence-corrected chi connectivity index (χ3v) is 10.1. The second-order valence-corrected chi connectivity index (χ2v) is 12.3. The van der Waals surface area contributed by atoms with E-state index in [-0.39, 0.29) is 29.0 Å². The Morgan fingerprint density at radius 2 is 1.76 bits per heavy atom. The Morgan fingerprint density at radius 3 is 2.38 bits per heavy atom. The van der Waals surface area contributed by atoms with E-state index in [4.69, 9.17) is 0 Å². The molecule has 0 saturated carbocycles. The minimum atomic E-state index is -3.76. The van der Waals surface area contributed by atoms with Gasteiger partial charge in [-0.2, -0.15) is 8.61 Å². The Hall–Kier alpha value is -1.30. The van der Waals surface area contributed by atoms with E-state index < -0.39 is 20.0 Å². The zero-order chi connectivity index (χ0) is 20.9. The van der Waals surface area contributed by atoms with Crippen molar-refractivity contribution in [3.63, 3.8) is 0 Å². The first-order valence-corrected chi connectivity index (χ1v) is 13.5. The summed E-state index contributed by atoms with van der Waals surface area (Å²) in [6, 6.07) is 12.9. The highest BCUT2D eigenvalue weighted by Crippen LogP contribution is 2.25. The normalized spacial score (nSPS) is 17.4. The first-order valence-electron chi connectivity index (χ1n) is 9.58. The van der Waals surface area contributed by atoms with Gasteiger partial charge in [0.25, 0.3) is 10.0 Å². The Labute approximate surface area is 177 Å². The van der Waals surface area contributed by atoms with Crippen molar-refractivity contribution in [3.8, 4) is 0 Å². The second kappa shape index (κ2) is 9.67. The van der Waals surface area contributed by atoms with Gasteiger partial charge in [0.15, 0.2) is 0 Å². The molecule has 1 aromatic carbocycles. The van der Waals surface area contributed by atoms with Gasteiger partial charge >= 0.3 is 0 Å². The molecule has 2 heterocycles. The first kappa shape index (κ1) is 22.4. The van der Waals surface area contributed by atoms with Crippen LogP contribution in [0.25, 0.3) is 0 Å². The molecule has 0 aliphatic carbocycles. The molecule has 1 fully saturated rings. The van der Waals surface area contributed by atoms with Crippen molar-refractivity contribution in [1.82, 2.24) is 13.9 Å². The molecule has 1 aliphatic heterocycles. The van der Waals surface area contributed by atoms with Crippen LogP contribution >= 0.6 is 11.3 Å². The number of nitrogens with zero attached hydrogens (tertiary/aromatic N) is 2. The molecule has 1 N–H and O–H groups in total. The lowest BCUT2D eigenvalue weighted by atomic mass is 10.0. The van der Waals surface area contributed by atoms with Gasteiger partial charge in [-0.05, 0) is 22.9 Å². The molecule has 3 rings (SSSR count). The molecule has 0 bridgehead atoms. The molecule has 0 amide bonds. The molecule has 1 atom stereocenters. The van der Waals surface area contributed by atoms with Gasteiger partial charge in [-0.3, -0.25) is 0 Å². The first-order chi connectivity index (χ1) is 13.8. The van der Waals surface area contributed by atoms with Crippen LogP contribution in [-0.2, 0) is 20.0 Å². The van der Waals surface area contributed by atoms with Gasteiger partial charge < -0.3 is 5.32 Å². The van der Waals surface area contributed by atoms with E-state index >= 15 is 0 Å². The Bertz CT molecular complexity index is 971. The molecule has 0 radical (unpaired) electrons. The molecule has 29 heavy (non-hydrogen) atoms. The Balaban J connectivity index is 1.79. The lowest BCUT2D eigenvalue weighted by Gasteiger charge is -2.29. The molecule has 10 heteroatoms. The highest BCUT2D eigenvalue weighted by molar-refractivity contribution is 7.91. The standard InChI is InChI=1S/C19H27N3O4S3/c1-17(18-6-3-2-4-7-18)16-22(29(25,26)19-8-5-14-27-19)13-15-28(23,24)21-11-9-20-10-12-21/h2-8,14,17,20H,9-13,15-16H2,1H3/t17-/m0/s1. The van der Waals surface area contributed by atoms with E-state index in [1.54, 1.807) is 17.5 Å². The molecule has 0 unspecified atom stereocenters. The summed E-state index contributed by atoms with van der Waals surface area (Å²) in [5.74, 6) is -0.285. The maximum absolute atomic E-state index is 13.2. The van der Waals surface area contributed by atoms with Crippen LogP contribution in [0.4, 0.5) is 0 Å². The monoisotopic (exact) mass is 457 g/mol. The highest BCUT2D eigenvalue weighted by atomic mass is 32.2. The van der Waals surface area contributed by atoms with Gasteiger partial charge in [-0.25, -0.2) is 16.8 Å². The largest absolute Gasteiger partial charge is 0.314 e. The summed E-state index contributed by atoms with van der Waals surface area (Å²) in [6.45, 7) is 4.17. The van der Waals surface area contributed by atoms with Crippen molar-refractivity contribution >= 4 is 31.4 Å². The number of sulfonamides is 2. The Kier molecular flexibility index (Phi) is 7.47.